The smallest absolute Gasteiger partial charge is 0.266 e. The molecule has 134 valence electrons. The van der Waals surface area contributed by atoms with Gasteiger partial charge in [-0.05, 0) is 38.3 Å². The molecule has 2 aromatic rings. The molecule has 6 heteroatoms. The van der Waals surface area contributed by atoms with Gasteiger partial charge in [0.05, 0.1) is 10.7 Å². The minimum atomic E-state index is -0.303. The average molecular weight is 381 g/mol. The number of rotatable bonds is 4. The molecular formula is C19H22ClFN2OS. The molecule has 1 fully saturated rings. The standard InChI is InChI=1S/C19H22ClFN2OS/c1-11(2)18-22-12(3)17(25-18)19(24)23-9-5-6-13(23)10-14-15(20)7-4-8-16(14)21/h4,7-8,11,13H,5-6,9-10H2,1-3H3/t13-/m1/s1. The molecule has 0 bridgehead atoms. The molecule has 0 aliphatic carbocycles. The van der Waals surface area contributed by atoms with Gasteiger partial charge < -0.3 is 4.90 Å². The van der Waals surface area contributed by atoms with Gasteiger partial charge in [-0.1, -0.05) is 31.5 Å². The van der Waals surface area contributed by atoms with E-state index in [2.05, 4.69) is 18.8 Å². The van der Waals surface area contributed by atoms with Crippen LogP contribution in [0.3, 0.4) is 0 Å². The van der Waals surface area contributed by atoms with E-state index in [1.807, 2.05) is 11.8 Å². The fourth-order valence-corrected chi connectivity index (χ4v) is 4.54. The summed E-state index contributed by atoms with van der Waals surface area (Å²) < 4.78 is 14.1. The third kappa shape index (κ3) is 3.72. The zero-order valence-corrected chi connectivity index (χ0v) is 16.3. The Hall–Kier alpha value is -1.46. The minimum absolute atomic E-state index is 0.0110. The summed E-state index contributed by atoms with van der Waals surface area (Å²) >= 11 is 7.64. The molecule has 0 saturated carbocycles. The Morgan fingerprint density at radius 2 is 2.24 bits per heavy atom. The molecule has 25 heavy (non-hydrogen) atoms. The number of halogens is 2. The molecule has 0 radical (unpaired) electrons. The van der Waals surface area contributed by atoms with Crippen LogP contribution < -0.4 is 0 Å². The van der Waals surface area contributed by atoms with Gasteiger partial charge in [0.25, 0.3) is 5.91 Å². The summed E-state index contributed by atoms with van der Waals surface area (Å²) in [4.78, 5) is 20.1. The average Bonchev–Trinajstić information content (AvgIpc) is 3.17. The zero-order valence-electron chi connectivity index (χ0n) is 14.7. The number of likely N-dealkylation sites (tertiary alicyclic amines) is 1. The molecule has 3 rings (SSSR count). The summed E-state index contributed by atoms with van der Waals surface area (Å²) in [6.45, 7) is 6.73. The molecule has 1 saturated heterocycles. The molecule has 0 unspecified atom stereocenters. The van der Waals surface area contributed by atoms with Gasteiger partial charge in [0.15, 0.2) is 0 Å². The Bertz CT molecular complexity index is 769. The summed E-state index contributed by atoms with van der Waals surface area (Å²) in [6, 6.07) is 4.70. The van der Waals surface area contributed by atoms with Crippen LogP contribution >= 0.6 is 22.9 Å². The lowest BCUT2D eigenvalue weighted by Crippen LogP contribution is -2.37. The number of benzene rings is 1. The van der Waals surface area contributed by atoms with Gasteiger partial charge in [-0.25, -0.2) is 9.37 Å². The molecule has 1 amide bonds. The lowest BCUT2D eigenvalue weighted by Gasteiger charge is -2.25. The molecule has 3 nitrogen and oxygen atoms in total. The van der Waals surface area contributed by atoms with Crippen molar-refractivity contribution in [2.45, 2.75) is 52.0 Å². The number of amides is 1. The number of thiazole rings is 1. The lowest BCUT2D eigenvalue weighted by atomic mass is 10.0. The van der Waals surface area contributed by atoms with Crippen LogP contribution in [0.2, 0.25) is 5.02 Å². The van der Waals surface area contributed by atoms with Gasteiger partial charge in [-0.2, -0.15) is 0 Å². The van der Waals surface area contributed by atoms with Crippen LogP contribution in [0.25, 0.3) is 0 Å². The Morgan fingerprint density at radius 3 is 2.88 bits per heavy atom. The number of hydrogen-bond acceptors (Lipinski definition) is 3. The highest BCUT2D eigenvalue weighted by atomic mass is 35.5. The van der Waals surface area contributed by atoms with Crippen LogP contribution in [0.4, 0.5) is 4.39 Å². The van der Waals surface area contributed by atoms with E-state index in [-0.39, 0.29) is 17.8 Å². The summed E-state index contributed by atoms with van der Waals surface area (Å²) in [5.74, 6) is 0.0107. The molecular weight excluding hydrogens is 359 g/mol. The largest absolute Gasteiger partial charge is 0.335 e. The fourth-order valence-electron chi connectivity index (χ4n) is 3.27. The Morgan fingerprint density at radius 1 is 1.48 bits per heavy atom. The van der Waals surface area contributed by atoms with Gasteiger partial charge in [0.2, 0.25) is 0 Å². The van der Waals surface area contributed by atoms with Gasteiger partial charge in [0, 0.05) is 29.1 Å². The quantitative estimate of drug-likeness (QED) is 0.729. The van der Waals surface area contributed by atoms with E-state index in [0.717, 1.165) is 23.5 Å². The predicted molar refractivity (Wildman–Crippen MR) is 100 cm³/mol. The van der Waals surface area contributed by atoms with Crippen molar-refractivity contribution < 1.29 is 9.18 Å². The normalized spacial score (nSPS) is 17.5. The molecule has 1 aromatic heterocycles. The second kappa shape index (κ2) is 7.42. The summed E-state index contributed by atoms with van der Waals surface area (Å²) in [5, 5.41) is 1.41. The molecule has 1 aromatic carbocycles. The van der Waals surface area contributed by atoms with Gasteiger partial charge in [-0.3, -0.25) is 4.79 Å². The topological polar surface area (TPSA) is 33.2 Å². The second-order valence-corrected chi connectivity index (χ2v) is 8.26. The van der Waals surface area contributed by atoms with E-state index in [0.29, 0.717) is 34.3 Å². The zero-order chi connectivity index (χ0) is 18.1. The summed E-state index contributed by atoms with van der Waals surface area (Å²) in [6.07, 6.45) is 2.24. The van der Waals surface area contributed by atoms with Crippen LogP contribution in [-0.4, -0.2) is 28.4 Å². The maximum absolute atomic E-state index is 14.1. The minimum Gasteiger partial charge on any atom is -0.335 e. The van der Waals surface area contributed by atoms with Crippen molar-refractivity contribution in [3.05, 3.63) is 50.2 Å². The SMILES string of the molecule is Cc1nc(C(C)C)sc1C(=O)N1CCC[C@@H]1Cc1c(F)cccc1Cl. The first-order valence-corrected chi connectivity index (χ1v) is 9.79. The summed E-state index contributed by atoms with van der Waals surface area (Å²) in [5.41, 5.74) is 1.28. The van der Waals surface area contributed by atoms with Crippen molar-refractivity contribution in [1.82, 2.24) is 9.88 Å². The number of hydrogen-bond donors (Lipinski definition) is 0. The van der Waals surface area contributed by atoms with Crippen LogP contribution in [0, 0.1) is 12.7 Å². The third-order valence-electron chi connectivity index (χ3n) is 4.64. The molecule has 0 spiro atoms. The molecule has 1 aliphatic heterocycles. The van der Waals surface area contributed by atoms with Crippen molar-refractivity contribution in [3.63, 3.8) is 0 Å². The molecule has 2 heterocycles. The highest BCUT2D eigenvalue weighted by Gasteiger charge is 2.32. The van der Waals surface area contributed by atoms with E-state index >= 15 is 0 Å². The Labute approximate surface area is 156 Å². The van der Waals surface area contributed by atoms with Crippen LogP contribution in [-0.2, 0) is 6.42 Å². The number of aromatic nitrogens is 1. The molecule has 1 aliphatic rings. The maximum Gasteiger partial charge on any atom is 0.266 e. The number of carbonyl (C=O) groups excluding carboxylic acids is 1. The summed E-state index contributed by atoms with van der Waals surface area (Å²) in [7, 11) is 0. The Balaban J connectivity index is 1.83. The third-order valence-corrected chi connectivity index (χ3v) is 6.44. The predicted octanol–water partition coefficient (Wildman–Crippen LogP) is 5.21. The van der Waals surface area contributed by atoms with E-state index < -0.39 is 0 Å². The first-order chi connectivity index (χ1) is 11.9. The van der Waals surface area contributed by atoms with Gasteiger partial charge >= 0.3 is 0 Å². The Kier molecular flexibility index (Phi) is 5.44. The van der Waals surface area contributed by atoms with Gasteiger partial charge in [-0.15, -0.1) is 11.3 Å². The van der Waals surface area contributed by atoms with Crippen molar-refractivity contribution in [2.24, 2.45) is 0 Å². The highest BCUT2D eigenvalue weighted by Crippen LogP contribution is 2.31. The first-order valence-electron chi connectivity index (χ1n) is 8.59. The monoisotopic (exact) mass is 380 g/mol. The maximum atomic E-state index is 14.1. The van der Waals surface area contributed by atoms with E-state index in [4.69, 9.17) is 11.6 Å². The van der Waals surface area contributed by atoms with Crippen molar-refractivity contribution in [1.29, 1.82) is 0 Å². The molecule has 1 atom stereocenters. The van der Waals surface area contributed by atoms with Crippen molar-refractivity contribution in [2.75, 3.05) is 6.54 Å². The van der Waals surface area contributed by atoms with E-state index in [1.54, 1.807) is 12.1 Å². The first kappa shape index (κ1) is 18.3. The van der Waals surface area contributed by atoms with Crippen LogP contribution in [0.1, 0.15) is 58.5 Å². The second-order valence-electron chi connectivity index (χ2n) is 6.82. The van der Waals surface area contributed by atoms with Crippen molar-refractivity contribution in [3.8, 4) is 0 Å². The van der Waals surface area contributed by atoms with E-state index in [1.165, 1.54) is 17.4 Å². The molecule has 0 N–H and O–H groups in total. The van der Waals surface area contributed by atoms with Gasteiger partial charge in [0.1, 0.15) is 10.7 Å². The number of aryl methyl sites for hydroxylation is 1. The van der Waals surface area contributed by atoms with Crippen molar-refractivity contribution >= 4 is 28.8 Å². The highest BCUT2D eigenvalue weighted by molar-refractivity contribution is 7.13. The van der Waals surface area contributed by atoms with E-state index in [9.17, 15) is 9.18 Å². The fraction of sp³-hybridized carbons (Fsp3) is 0.474. The number of nitrogens with zero attached hydrogens (tertiary/aromatic N) is 2. The van der Waals surface area contributed by atoms with Crippen LogP contribution in [0.15, 0.2) is 18.2 Å². The number of carbonyl (C=O) groups is 1. The van der Waals surface area contributed by atoms with Crippen LogP contribution in [0.5, 0.6) is 0 Å². The lowest BCUT2D eigenvalue weighted by molar-refractivity contribution is 0.0740.